The van der Waals surface area contributed by atoms with Crippen LogP contribution in [-0.2, 0) is 5.41 Å². The summed E-state index contributed by atoms with van der Waals surface area (Å²) in [4.78, 5) is 1.98. The van der Waals surface area contributed by atoms with Crippen LogP contribution in [0, 0.1) is 0 Å². The fraction of sp³-hybridized carbons (Fsp3) is 0.333. The number of hydrogen-bond donors (Lipinski definition) is 1. The number of likely N-dealkylation sites (N-methyl/N-ethyl adjacent to an activating group) is 1. The number of aliphatic hydroxyl groups is 1. The van der Waals surface area contributed by atoms with E-state index in [1.165, 1.54) is 22.0 Å². The number of benzene rings is 2. The smallest absolute Gasteiger partial charge is 0.135 e. The van der Waals surface area contributed by atoms with E-state index in [1.54, 1.807) is 0 Å². The largest absolute Gasteiger partial charge is 0.373 e. The van der Waals surface area contributed by atoms with Gasteiger partial charge in [-0.3, -0.25) is 0 Å². The van der Waals surface area contributed by atoms with Crippen LogP contribution < -0.4 is 4.90 Å². The lowest BCUT2D eigenvalue weighted by molar-refractivity contribution is 0.114. The van der Waals surface area contributed by atoms with Crippen molar-refractivity contribution in [2.24, 2.45) is 0 Å². The summed E-state index contributed by atoms with van der Waals surface area (Å²) < 4.78 is 0. The fourth-order valence-corrected chi connectivity index (χ4v) is 2.90. The van der Waals surface area contributed by atoms with Crippen LogP contribution >= 0.6 is 0 Å². The minimum Gasteiger partial charge on any atom is -0.373 e. The lowest BCUT2D eigenvalue weighted by Crippen LogP contribution is -2.38. The standard InChI is InChI=1S/C15H17NO/c1-15(2)12-9-8-10-6-4-5-7-11(10)13(12)16(3)14(15)17/h4-9,14,17H,1-3H3. The van der Waals surface area contributed by atoms with Crippen LogP contribution in [0.15, 0.2) is 36.4 Å². The van der Waals surface area contributed by atoms with Crippen LogP contribution in [0.2, 0.25) is 0 Å². The minimum absolute atomic E-state index is 0.214. The van der Waals surface area contributed by atoms with Crippen molar-refractivity contribution >= 4 is 16.5 Å². The first-order chi connectivity index (χ1) is 8.03. The van der Waals surface area contributed by atoms with Gasteiger partial charge in [0.2, 0.25) is 0 Å². The molecule has 1 aliphatic heterocycles. The Labute approximate surface area is 101 Å². The van der Waals surface area contributed by atoms with Crippen LogP contribution in [0.5, 0.6) is 0 Å². The number of aliphatic hydroxyl groups excluding tert-OH is 1. The van der Waals surface area contributed by atoms with Crippen LogP contribution in [0.3, 0.4) is 0 Å². The summed E-state index contributed by atoms with van der Waals surface area (Å²) in [7, 11) is 1.96. The third-order valence-electron chi connectivity index (χ3n) is 3.96. The summed E-state index contributed by atoms with van der Waals surface area (Å²) >= 11 is 0. The highest BCUT2D eigenvalue weighted by Crippen LogP contribution is 2.46. The van der Waals surface area contributed by atoms with E-state index >= 15 is 0 Å². The van der Waals surface area contributed by atoms with Crippen molar-refractivity contribution in [3.63, 3.8) is 0 Å². The molecule has 0 saturated heterocycles. The van der Waals surface area contributed by atoms with Crippen LogP contribution in [0.25, 0.3) is 10.8 Å². The van der Waals surface area contributed by atoms with Gasteiger partial charge in [0.05, 0.1) is 5.69 Å². The van der Waals surface area contributed by atoms with Gasteiger partial charge in [0.1, 0.15) is 6.23 Å². The van der Waals surface area contributed by atoms with E-state index in [-0.39, 0.29) is 5.41 Å². The summed E-state index contributed by atoms with van der Waals surface area (Å²) in [5.74, 6) is 0. The third-order valence-corrected chi connectivity index (χ3v) is 3.96. The number of rotatable bonds is 0. The Hall–Kier alpha value is -1.54. The predicted octanol–water partition coefficient (Wildman–Crippen LogP) is 2.89. The first-order valence-electron chi connectivity index (χ1n) is 5.96. The molecule has 2 heteroatoms. The molecular formula is C15H17NO. The van der Waals surface area contributed by atoms with E-state index < -0.39 is 6.23 Å². The first kappa shape index (κ1) is 10.6. The molecule has 0 radical (unpaired) electrons. The zero-order chi connectivity index (χ0) is 12.2. The topological polar surface area (TPSA) is 23.5 Å². The Balaban J connectivity index is 2.40. The molecule has 0 amide bonds. The van der Waals surface area contributed by atoms with E-state index in [2.05, 4.69) is 38.1 Å². The molecule has 17 heavy (non-hydrogen) atoms. The Bertz CT molecular complexity index is 588. The number of fused-ring (bicyclic) bond motifs is 3. The zero-order valence-electron chi connectivity index (χ0n) is 10.4. The average Bonchev–Trinajstić information content (AvgIpc) is 2.51. The Morgan fingerprint density at radius 2 is 1.82 bits per heavy atom. The summed E-state index contributed by atoms with van der Waals surface area (Å²) in [6, 6.07) is 12.6. The quantitative estimate of drug-likeness (QED) is 0.748. The fourth-order valence-electron chi connectivity index (χ4n) is 2.90. The van der Waals surface area contributed by atoms with Crippen molar-refractivity contribution in [3.8, 4) is 0 Å². The van der Waals surface area contributed by atoms with Gasteiger partial charge >= 0.3 is 0 Å². The maximum Gasteiger partial charge on any atom is 0.135 e. The van der Waals surface area contributed by atoms with E-state index in [0.29, 0.717) is 0 Å². The van der Waals surface area contributed by atoms with Gasteiger partial charge < -0.3 is 10.0 Å². The van der Waals surface area contributed by atoms with Gasteiger partial charge in [0, 0.05) is 17.8 Å². The normalized spacial score (nSPS) is 21.9. The van der Waals surface area contributed by atoms with E-state index in [4.69, 9.17) is 0 Å². The lowest BCUT2D eigenvalue weighted by Gasteiger charge is -2.26. The van der Waals surface area contributed by atoms with Gasteiger partial charge in [0.25, 0.3) is 0 Å². The molecule has 1 aliphatic rings. The first-order valence-corrected chi connectivity index (χ1v) is 5.96. The molecular weight excluding hydrogens is 210 g/mol. The maximum atomic E-state index is 10.3. The SMILES string of the molecule is CN1c2c(ccc3ccccc23)C(C)(C)C1O. The average molecular weight is 227 g/mol. The molecule has 88 valence electrons. The monoisotopic (exact) mass is 227 g/mol. The number of nitrogens with zero attached hydrogens (tertiary/aromatic N) is 1. The highest BCUT2D eigenvalue weighted by Gasteiger charge is 2.42. The minimum atomic E-state index is -0.455. The van der Waals surface area contributed by atoms with Crippen LogP contribution in [0.1, 0.15) is 19.4 Å². The van der Waals surface area contributed by atoms with Gasteiger partial charge in [-0.05, 0) is 10.9 Å². The third kappa shape index (κ3) is 1.25. The molecule has 0 aromatic heterocycles. The van der Waals surface area contributed by atoms with Crippen molar-refractivity contribution in [2.45, 2.75) is 25.5 Å². The molecule has 0 spiro atoms. The zero-order valence-corrected chi connectivity index (χ0v) is 10.4. The van der Waals surface area contributed by atoms with Gasteiger partial charge in [-0.2, -0.15) is 0 Å². The van der Waals surface area contributed by atoms with Gasteiger partial charge in [-0.1, -0.05) is 50.2 Å². The van der Waals surface area contributed by atoms with E-state index in [9.17, 15) is 5.11 Å². The van der Waals surface area contributed by atoms with Crippen molar-refractivity contribution in [1.82, 2.24) is 0 Å². The van der Waals surface area contributed by atoms with Crippen molar-refractivity contribution in [1.29, 1.82) is 0 Å². The molecule has 0 aliphatic carbocycles. The van der Waals surface area contributed by atoms with E-state index in [1.807, 2.05) is 24.1 Å². The van der Waals surface area contributed by atoms with Gasteiger partial charge in [0.15, 0.2) is 0 Å². The molecule has 2 aromatic rings. The molecule has 2 aromatic carbocycles. The predicted molar refractivity (Wildman–Crippen MR) is 71.4 cm³/mol. The Kier molecular flexibility index (Phi) is 2.02. The molecule has 1 N–H and O–H groups in total. The number of anilines is 1. The maximum absolute atomic E-state index is 10.3. The van der Waals surface area contributed by atoms with Crippen LogP contribution in [0.4, 0.5) is 5.69 Å². The van der Waals surface area contributed by atoms with Gasteiger partial charge in [-0.15, -0.1) is 0 Å². The molecule has 1 unspecified atom stereocenters. The van der Waals surface area contributed by atoms with E-state index in [0.717, 1.165) is 0 Å². The summed E-state index contributed by atoms with van der Waals surface area (Å²) in [5, 5.41) is 12.8. The Morgan fingerprint density at radius 1 is 1.12 bits per heavy atom. The molecule has 0 fully saturated rings. The molecule has 0 bridgehead atoms. The van der Waals surface area contributed by atoms with Gasteiger partial charge in [-0.25, -0.2) is 0 Å². The van der Waals surface area contributed by atoms with Crippen molar-refractivity contribution in [2.75, 3.05) is 11.9 Å². The highest BCUT2D eigenvalue weighted by molar-refractivity contribution is 5.97. The summed E-state index contributed by atoms with van der Waals surface area (Å²) in [6.07, 6.45) is -0.455. The highest BCUT2D eigenvalue weighted by atomic mass is 16.3. The summed E-state index contributed by atoms with van der Waals surface area (Å²) in [6.45, 7) is 4.18. The second-order valence-corrected chi connectivity index (χ2v) is 5.39. The molecule has 1 atom stereocenters. The lowest BCUT2D eigenvalue weighted by atomic mass is 9.84. The molecule has 1 heterocycles. The second-order valence-electron chi connectivity index (χ2n) is 5.39. The summed E-state index contributed by atoms with van der Waals surface area (Å²) in [5.41, 5.74) is 2.18. The molecule has 2 nitrogen and oxygen atoms in total. The molecule has 3 rings (SSSR count). The number of hydrogen-bond acceptors (Lipinski definition) is 2. The second kappa shape index (κ2) is 3.23. The Morgan fingerprint density at radius 3 is 2.59 bits per heavy atom. The van der Waals surface area contributed by atoms with Crippen LogP contribution in [-0.4, -0.2) is 18.4 Å². The molecule has 0 saturated carbocycles. The van der Waals surface area contributed by atoms with Crippen molar-refractivity contribution in [3.05, 3.63) is 42.0 Å². The van der Waals surface area contributed by atoms with Crippen molar-refractivity contribution < 1.29 is 5.11 Å².